The predicted octanol–water partition coefficient (Wildman–Crippen LogP) is 3.19. The number of nitrogens with zero attached hydrogens (tertiary/aromatic N) is 1. The average Bonchev–Trinajstić information content (AvgIpc) is 2.71. The molecule has 27 heavy (non-hydrogen) atoms. The highest BCUT2D eigenvalue weighted by atomic mass is 32.2. The van der Waals surface area contributed by atoms with Gasteiger partial charge in [-0.1, -0.05) is 25.1 Å². The van der Waals surface area contributed by atoms with Crippen LogP contribution in [0.1, 0.15) is 68.7 Å². The average molecular weight is 393 g/mol. The summed E-state index contributed by atoms with van der Waals surface area (Å²) in [4.78, 5) is 12.9. The summed E-state index contributed by atoms with van der Waals surface area (Å²) < 4.78 is 25.8. The van der Waals surface area contributed by atoms with Gasteiger partial charge in [0.25, 0.3) is 0 Å². The van der Waals surface area contributed by atoms with Crippen LogP contribution < -0.4 is 5.32 Å². The summed E-state index contributed by atoms with van der Waals surface area (Å²) in [6, 6.07) is 6.61. The molecule has 1 heterocycles. The van der Waals surface area contributed by atoms with Gasteiger partial charge in [-0.3, -0.25) is 4.79 Å². The molecule has 1 aromatic rings. The number of benzene rings is 1. The highest BCUT2D eigenvalue weighted by molar-refractivity contribution is 7.89. The van der Waals surface area contributed by atoms with E-state index < -0.39 is 10.0 Å². The monoisotopic (exact) mass is 392 g/mol. The molecule has 0 saturated carbocycles. The summed E-state index contributed by atoms with van der Waals surface area (Å²) in [5.74, 6) is -0.184. The largest absolute Gasteiger partial charge is 0.349 e. The molecule has 1 fully saturated rings. The molecule has 1 aromatic carbocycles. The first-order valence-corrected chi connectivity index (χ1v) is 12.0. The van der Waals surface area contributed by atoms with Crippen molar-refractivity contribution in [3.63, 3.8) is 0 Å². The number of aryl methyl sites for hydroxylation is 2. The Kier molecular flexibility index (Phi) is 6.58. The van der Waals surface area contributed by atoms with Crippen molar-refractivity contribution in [2.24, 2.45) is 5.92 Å². The van der Waals surface area contributed by atoms with E-state index in [0.29, 0.717) is 13.1 Å². The van der Waals surface area contributed by atoms with Gasteiger partial charge in [-0.25, -0.2) is 12.7 Å². The molecule has 2 atom stereocenters. The van der Waals surface area contributed by atoms with Gasteiger partial charge in [-0.2, -0.15) is 0 Å². The molecule has 1 aliphatic heterocycles. The molecule has 0 unspecified atom stereocenters. The third-order valence-electron chi connectivity index (χ3n) is 6.01. The van der Waals surface area contributed by atoms with Crippen LogP contribution in [-0.4, -0.2) is 37.5 Å². The van der Waals surface area contributed by atoms with Gasteiger partial charge < -0.3 is 5.32 Å². The molecular formula is C21H32N2O3S. The molecule has 0 bridgehead atoms. The number of amides is 1. The molecule has 150 valence electrons. The molecule has 2 aliphatic rings. The Hall–Kier alpha value is -1.40. The summed E-state index contributed by atoms with van der Waals surface area (Å²) in [6.07, 6.45) is 7.11. The fraction of sp³-hybridized carbons (Fsp3) is 0.667. The fourth-order valence-electron chi connectivity index (χ4n) is 4.27. The van der Waals surface area contributed by atoms with Crippen molar-refractivity contribution in [1.82, 2.24) is 9.62 Å². The van der Waals surface area contributed by atoms with Crippen LogP contribution in [0.2, 0.25) is 0 Å². The number of hydrogen-bond donors (Lipinski definition) is 1. The predicted molar refractivity (Wildman–Crippen MR) is 108 cm³/mol. The highest BCUT2D eigenvalue weighted by Gasteiger charge is 2.32. The summed E-state index contributed by atoms with van der Waals surface area (Å²) in [7, 11) is -3.23. The molecule has 5 nitrogen and oxygen atoms in total. The smallest absolute Gasteiger partial charge is 0.224 e. The Morgan fingerprint density at radius 1 is 1.19 bits per heavy atom. The Labute approximate surface area is 163 Å². The molecule has 1 saturated heterocycles. The van der Waals surface area contributed by atoms with Gasteiger partial charge >= 0.3 is 0 Å². The lowest BCUT2D eigenvalue weighted by Crippen LogP contribution is -2.46. The Balaban J connectivity index is 1.68. The van der Waals surface area contributed by atoms with Gasteiger partial charge in [0.15, 0.2) is 0 Å². The van der Waals surface area contributed by atoms with Crippen molar-refractivity contribution >= 4 is 15.9 Å². The van der Waals surface area contributed by atoms with Gasteiger partial charge in [-0.15, -0.1) is 0 Å². The first-order valence-electron chi connectivity index (χ1n) is 10.3. The van der Waals surface area contributed by atoms with E-state index in [1.807, 2.05) is 0 Å². The standard InChI is InChI=1S/C21H32N2O3S/c1-3-20(18-12-11-16-8-5-6-9-17(16)14-18)22-21(24)19-10-7-13-23(15-19)27(25,26)4-2/h11-12,14,19-20H,3-10,13,15H2,1-2H3,(H,22,24)/t19-,20-/m1/s1. The minimum absolute atomic E-state index is 0.0112. The topological polar surface area (TPSA) is 66.5 Å². The Morgan fingerprint density at radius 3 is 2.63 bits per heavy atom. The lowest BCUT2D eigenvalue weighted by atomic mass is 9.88. The number of fused-ring (bicyclic) bond motifs is 1. The van der Waals surface area contributed by atoms with Crippen LogP contribution in [0.15, 0.2) is 18.2 Å². The zero-order chi connectivity index (χ0) is 19.4. The highest BCUT2D eigenvalue weighted by Crippen LogP contribution is 2.27. The molecule has 1 aliphatic carbocycles. The summed E-state index contributed by atoms with van der Waals surface area (Å²) in [5, 5.41) is 3.19. The second-order valence-electron chi connectivity index (χ2n) is 7.80. The Bertz CT molecular complexity index is 776. The van der Waals surface area contributed by atoms with Crippen molar-refractivity contribution in [2.45, 2.75) is 64.8 Å². The molecular weight excluding hydrogens is 360 g/mol. The van der Waals surface area contributed by atoms with Crippen LogP contribution in [0.5, 0.6) is 0 Å². The van der Waals surface area contributed by atoms with Crippen LogP contribution >= 0.6 is 0 Å². The fourth-order valence-corrected chi connectivity index (χ4v) is 5.45. The number of carbonyl (C=O) groups is 1. The second-order valence-corrected chi connectivity index (χ2v) is 10.1. The molecule has 1 amide bonds. The van der Waals surface area contributed by atoms with E-state index in [0.717, 1.165) is 32.1 Å². The minimum Gasteiger partial charge on any atom is -0.349 e. The van der Waals surface area contributed by atoms with Crippen molar-refractivity contribution in [3.05, 3.63) is 34.9 Å². The lowest BCUT2D eigenvalue weighted by Gasteiger charge is -2.32. The van der Waals surface area contributed by atoms with Crippen LogP contribution in [0, 0.1) is 5.92 Å². The van der Waals surface area contributed by atoms with E-state index >= 15 is 0 Å². The van der Waals surface area contributed by atoms with E-state index in [-0.39, 0.29) is 23.6 Å². The SMILES string of the molecule is CC[C@@H](NC(=O)[C@@H]1CCCN(S(=O)(=O)CC)C1)c1ccc2c(c1)CCCC2. The van der Waals surface area contributed by atoms with Crippen LogP contribution in [-0.2, 0) is 27.7 Å². The maximum Gasteiger partial charge on any atom is 0.224 e. The third kappa shape index (κ3) is 4.72. The maximum absolute atomic E-state index is 12.9. The van der Waals surface area contributed by atoms with Crippen LogP contribution in [0.25, 0.3) is 0 Å². The number of rotatable bonds is 6. The van der Waals surface area contributed by atoms with Crippen LogP contribution in [0.4, 0.5) is 0 Å². The van der Waals surface area contributed by atoms with Crippen molar-refractivity contribution in [2.75, 3.05) is 18.8 Å². The molecule has 3 rings (SSSR count). The molecule has 1 N–H and O–H groups in total. The van der Waals surface area contributed by atoms with Gasteiger partial charge in [0.05, 0.1) is 17.7 Å². The number of carbonyl (C=O) groups excluding carboxylic acids is 1. The summed E-state index contributed by atoms with van der Waals surface area (Å²) in [6.45, 7) is 4.58. The van der Waals surface area contributed by atoms with Gasteiger partial charge in [0.1, 0.15) is 0 Å². The van der Waals surface area contributed by atoms with Gasteiger partial charge in [0, 0.05) is 13.1 Å². The Morgan fingerprint density at radius 2 is 1.93 bits per heavy atom. The number of piperidine rings is 1. The van der Waals surface area contributed by atoms with E-state index in [1.165, 1.54) is 33.8 Å². The minimum atomic E-state index is -3.23. The van der Waals surface area contributed by atoms with E-state index in [1.54, 1.807) is 6.92 Å². The van der Waals surface area contributed by atoms with Crippen molar-refractivity contribution in [3.8, 4) is 0 Å². The third-order valence-corrected chi connectivity index (χ3v) is 7.86. The first-order chi connectivity index (χ1) is 12.9. The quantitative estimate of drug-likeness (QED) is 0.808. The van der Waals surface area contributed by atoms with Gasteiger partial charge in [0.2, 0.25) is 15.9 Å². The van der Waals surface area contributed by atoms with E-state index in [9.17, 15) is 13.2 Å². The van der Waals surface area contributed by atoms with Gasteiger partial charge in [-0.05, 0) is 68.6 Å². The zero-order valence-corrected chi connectivity index (χ0v) is 17.4. The van der Waals surface area contributed by atoms with Crippen LogP contribution in [0.3, 0.4) is 0 Å². The maximum atomic E-state index is 12.9. The summed E-state index contributed by atoms with van der Waals surface area (Å²) >= 11 is 0. The molecule has 6 heteroatoms. The van der Waals surface area contributed by atoms with Crippen molar-refractivity contribution in [1.29, 1.82) is 0 Å². The zero-order valence-electron chi connectivity index (χ0n) is 16.5. The van der Waals surface area contributed by atoms with Crippen molar-refractivity contribution < 1.29 is 13.2 Å². The lowest BCUT2D eigenvalue weighted by molar-refractivity contribution is -0.126. The van der Waals surface area contributed by atoms with E-state index in [4.69, 9.17) is 0 Å². The number of sulfonamides is 1. The molecule has 0 radical (unpaired) electrons. The van der Waals surface area contributed by atoms with E-state index in [2.05, 4.69) is 30.4 Å². The number of hydrogen-bond acceptors (Lipinski definition) is 3. The number of nitrogens with one attached hydrogen (secondary N) is 1. The first kappa shape index (κ1) is 20.3. The molecule has 0 spiro atoms. The summed E-state index contributed by atoms with van der Waals surface area (Å²) in [5.41, 5.74) is 4.03. The second kappa shape index (κ2) is 8.74. The normalized spacial score (nSPS) is 22.1. The molecule has 0 aromatic heterocycles.